The van der Waals surface area contributed by atoms with E-state index >= 15 is 0 Å². The number of carbonyl (C=O) groups is 1. The number of nitrogens with one attached hydrogen (secondary N) is 1. The molecule has 0 atom stereocenters. The summed E-state index contributed by atoms with van der Waals surface area (Å²) in [6.45, 7) is 0.275. The third kappa shape index (κ3) is 5.66. The van der Waals surface area contributed by atoms with Gasteiger partial charge in [-0.05, 0) is 43.9 Å². The molecule has 0 aliphatic heterocycles. The van der Waals surface area contributed by atoms with Crippen molar-refractivity contribution in [2.24, 2.45) is 0 Å². The largest absolute Gasteiger partial charge is 0.351 e. The normalized spacial score (nSPS) is 15.0. The molecule has 7 heteroatoms. The predicted octanol–water partition coefficient (Wildman–Crippen LogP) is 2.83. The van der Waals surface area contributed by atoms with Crippen molar-refractivity contribution in [3.8, 4) is 0 Å². The summed E-state index contributed by atoms with van der Waals surface area (Å²) >= 11 is 3.32. The van der Waals surface area contributed by atoms with Gasteiger partial charge < -0.3 is 5.32 Å². The molecule has 0 saturated heterocycles. The molecule has 0 radical (unpaired) electrons. The van der Waals surface area contributed by atoms with E-state index in [0.717, 1.165) is 34.3 Å². The highest BCUT2D eigenvalue weighted by atomic mass is 79.9. The third-order valence-corrected chi connectivity index (χ3v) is 5.32. The molecule has 0 saturated carbocycles. The summed E-state index contributed by atoms with van der Waals surface area (Å²) in [5.41, 5.74) is 1.69. The summed E-state index contributed by atoms with van der Waals surface area (Å²) in [7, 11) is -3.54. The number of rotatable bonds is 6. The molecule has 2 rings (SSSR count). The lowest BCUT2D eigenvalue weighted by atomic mass is 10.00. The van der Waals surface area contributed by atoms with Crippen LogP contribution in [0.3, 0.4) is 0 Å². The molecule has 5 nitrogen and oxygen atoms in total. The molecule has 1 aliphatic carbocycles. The van der Waals surface area contributed by atoms with Crippen LogP contribution in [0.4, 0.5) is 5.69 Å². The second-order valence-corrected chi connectivity index (χ2v) is 8.46. The van der Waals surface area contributed by atoms with Crippen molar-refractivity contribution in [3.05, 3.63) is 40.4 Å². The van der Waals surface area contributed by atoms with Gasteiger partial charge in [-0.2, -0.15) is 0 Å². The van der Waals surface area contributed by atoms with E-state index in [-0.39, 0.29) is 12.5 Å². The predicted molar refractivity (Wildman–Crippen MR) is 95.9 cm³/mol. The van der Waals surface area contributed by atoms with Crippen molar-refractivity contribution < 1.29 is 13.2 Å². The fourth-order valence-electron chi connectivity index (χ4n) is 2.49. The van der Waals surface area contributed by atoms with Gasteiger partial charge in [0.2, 0.25) is 15.9 Å². The zero-order chi connectivity index (χ0) is 16.9. The molecule has 0 bridgehead atoms. The first-order chi connectivity index (χ1) is 10.9. The maximum absolute atomic E-state index is 12.1. The summed E-state index contributed by atoms with van der Waals surface area (Å²) in [5.74, 6) is -0.304. The van der Waals surface area contributed by atoms with Crippen LogP contribution in [0.15, 0.2) is 40.4 Å². The fraction of sp³-hybridized carbons (Fsp3) is 0.438. The van der Waals surface area contributed by atoms with E-state index in [2.05, 4.69) is 27.3 Å². The van der Waals surface area contributed by atoms with E-state index in [1.54, 1.807) is 24.3 Å². The Bertz CT molecular complexity index is 701. The molecular weight excluding hydrogens is 380 g/mol. The number of sulfonamides is 1. The lowest BCUT2D eigenvalue weighted by Crippen LogP contribution is -2.41. The highest BCUT2D eigenvalue weighted by molar-refractivity contribution is 9.10. The molecule has 0 heterocycles. The van der Waals surface area contributed by atoms with Crippen LogP contribution in [0.5, 0.6) is 0 Å². The van der Waals surface area contributed by atoms with E-state index in [0.29, 0.717) is 12.2 Å². The van der Waals surface area contributed by atoms with Gasteiger partial charge in [0, 0.05) is 11.0 Å². The van der Waals surface area contributed by atoms with Crippen molar-refractivity contribution >= 4 is 37.5 Å². The van der Waals surface area contributed by atoms with Gasteiger partial charge in [0.15, 0.2) is 0 Å². The summed E-state index contributed by atoms with van der Waals surface area (Å²) < 4.78 is 25.9. The molecule has 0 fully saturated rings. The van der Waals surface area contributed by atoms with Crippen molar-refractivity contribution in [3.63, 3.8) is 0 Å². The molecule has 1 aliphatic rings. The zero-order valence-corrected chi connectivity index (χ0v) is 15.5. The Labute approximate surface area is 145 Å². The Kier molecular flexibility index (Phi) is 6.24. The molecule has 0 aromatic heterocycles. The topological polar surface area (TPSA) is 66.5 Å². The third-order valence-electron chi connectivity index (χ3n) is 3.68. The standard InChI is InChI=1S/C16H21BrN2O3S/c1-23(21,22)19(15-9-5-8-14(17)10-15)12-16(20)18-11-13-6-3-2-4-7-13/h5-6,8-10H,2-4,7,11-12H2,1H3,(H,18,20). The van der Waals surface area contributed by atoms with Crippen LogP contribution in [0.25, 0.3) is 0 Å². The Balaban J connectivity index is 2.03. The van der Waals surface area contributed by atoms with Gasteiger partial charge in [-0.15, -0.1) is 0 Å². The molecule has 0 spiro atoms. The maximum atomic E-state index is 12.1. The molecule has 1 aromatic carbocycles. The number of carbonyl (C=O) groups excluding carboxylic acids is 1. The number of allylic oxidation sites excluding steroid dienone is 1. The van der Waals surface area contributed by atoms with Crippen molar-refractivity contribution in [1.82, 2.24) is 5.32 Å². The summed E-state index contributed by atoms with van der Waals surface area (Å²) in [4.78, 5) is 12.1. The molecule has 1 N–H and O–H groups in total. The first kappa shape index (κ1) is 18.0. The van der Waals surface area contributed by atoms with Crippen LogP contribution < -0.4 is 9.62 Å². The van der Waals surface area contributed by atoms with Crippen LogP contribution in [0.2, 0.25) is 0 Å². The molecule has 126 valence electrons. The summed E-state index contributed by atoms with van der Waals surface area (Å²) in [5, 5.41) is 2.81. The van der Waals surface area contributed by atoms with Crippen LogP contribution in [0.1, 0.15) is 25.7 Å². The van der Waals surface area contributed by atoms with Crippen LogP contribution in [0, 0.1) is 0 Å². The fourth-order valence-corrected chi connectivity index (χ4v) is 3.73. The van der Waals surface area contributed by atoms with Gasteiger partial charge in [-0.25, -0.2) is 8.42 Å². The number of hydrogen-bond donors (Lipinski definition) is 1. The van der Waals surface area contributed by atoms with Crippen LogP contribution in [-0.2, 0) is 14.8 Å². The Hall–Kier alpha value is -1.34. The number of benzene rings is 1. The Morgan fingerprint density at radius 2 is 2.13 bits per heavy atom. The van der Waals surface area contributed by atoms with E-state index in [4.69, 9.17) is 0 Å². The number of amides is 1. The summed E-state index contributed by atoms with van der Waals surface area (Å²) in [6, 6.07) is 6.89. The van der Waals surface area contributed by atoms with Gasteiger partial charge in [0.25, 0.3) is 0 Å². The molecule has 1 amide bonds. The number of halogens is 1. The van der Waals surface area contributed by atoms with Gasteiger partial charge in [0.05, 0.1) is 11.9 Å². The van der Waals surface area contributed by atoms with Crippen LogP contribution >= 0.6 is 15.9 Å². The van der Waals surface area contributed by atoms with Gasteiger partial charge in [0.1, 0.15) is 6.54 Å². The quantitative estimate of drug-likeness (QED) is 0.746. The SMILES string of the molecule is CS(=O)(=O)N(CC(=O)NCC1=CCCCC1)c1cccc(Br)c1. The van der Waals surface area contributed by atoms with Crippen molar-refractivity contribution in [2.75, 3.05) is 23.7 Å². The Morgan fingerprint density at radius 3 is 2.74 bits per heavy atom. The first-order valence-electron chi connectivity index (χ1n) is 7.54. The monoisotopic (exact) mass is 400 g/mol. The number of hydrogen-bond acceptors (Lipinski definition) is 3. The lowest BCUT2D eigenvalue weighted by Gasteiger charge is -2.22. The zero-order valence-electron chi connectivity index (χ0n) is 13.1. The van der Waals surface area contributed by atoms with Gasteiger partial charge >= 0.3 is 0 Å². The number of nitrogens with zero attached hydrogens (tertiary/aromatic N) is 1. The van der Waals surface area contributed by atoms with E-state index in [1.165, 1.54) is 12.0 Å². The Morgan fingerprint density at radius 1 is 1.35 bits per heavy atom. The van der Waals surface area contributed by atoms with Gasteiger partial charge in [-0.1, -0.05) is 33.6 Å². The average Bonchev–Trinajstić information content (AvgIpc) is 2.50. The highest BCUT2D eigenvalue weighted by Crippen LogP contribution is 2.22. The highest BCUT2D eigenvalue weighted by Gasteiger charge is 2.21. The number of anilines is 1. The van der Waals surface area contributed by atoms with E-state index in [1.807, 2.05) is 0 Å². The summed E-state index contributed by atoms with van der Waals surface area (Å²) in [6.07, 6.45) is 7.66. The lowest BCUT2D eigenvalue weighted by molar-refractivity contribution is -0.119. The van der Waals surface area contributed by atoms with E-state index in [9.17, 15) is 13.2 Å². The minimum Gasteiger partial charge on any atom is -0.351 e. The smallest absolute Gasteiger partial charge is 0.241 e. The van der Waals surface area contributed by atoms with E-state index < -0.39 is 10.0 Å². The molecule has 0 unspecified atom stereocenters. The minimum atomic E-state index is -3.54. The molecular formula is C16H21BrN2O3S. The second kappa shape index (κ2) is 7.97. The van der Waals surface area contributed by atoms with Crippen molar-refractivity contribution in [1.29, 1.82) is 0 Å². The first-order valence-corrected chi connectivity index (χ1v) is 10.2. The molecule has 23 heavy (non-hydrogen) atoms. The minimum absolute atomic E-state index is 0.220. The second-order valence-electron chi connectivity index (χ2n) is 5.63. The maximum Gasteiger partial charge on any atom is 0.241 e. The van der Waals surface area contributed by atoms with Crippen LogP contribution in [-0.4, -0.2) is 33.7 Å². The molecule has 1 aromatic rings. The van der Waals surface area contributed by atoms with Crippen molar-refractivity contribution in [2.45, 2.75) is 25.7 Å². The van der Waals surface area contributed by atoms with Gasteiger partial charge in [-0.3, -0.25) is 9.10 Å². The average molecular weight is 401 g/mol.